The number of benzene rings is 2. The Bertz CT molecular complexity index is 874. The average molecular weight is 379 g/mol. The molecule has 0 atom stereocenters. The fourth-order valence-electron chi connectivity index (χ4n) is 2.79. The van der Waals surface area contributed by atoms with Gasteiger partial charge in [-0.3, -0.25) is 9.52 Å². The molecule has 25 heavy (non-hydrogen) atoms. The molecular weight excluding hydrogens is 360 g/mol. The predicted molar refractivity (Wildman–Crippen MR) is 98.3 cm³/mol. The Morgan fingerprint density at radius 3 is 2.20 bits per heavy atom. The Balaban J connectivity index is 1.77. The second-order valence-electron chi connectivity index (χ2n) is 6.08. The van der Waals surface area contributed by atoms with Gasteiger partial charge >= 0.3 is 0 Å². The highest BCUT2D eigenvalue weighted by Crippen LogP contribution is 2.48. The lowest BCUT2D eigenvalue weighted by molar-refractivity contribution is -0.123. The van der Waals surface area contributed by atoms with Crippen LogP contribution in [0.4, 0.5) is 5.69 Å². The van der Waals surface area contributed by atoms with Gasteiger partial charge in [-0.25, -0.2) is 8.42 Å². The highest BCUT2D eigenvalue weighted by Gasteiger charge is 2.50. The van der Waals surface area contributed by atoms with Crippen molar-refractivity contribution in [2.24, 2.45) is 0 Å². The summed E-state index contributed by atoms with van der Waals surface area (Å²) in [5, 5.41) is 3.34. The number of hydrogen-bond donors (Lipinski definition) is 2. The summed E-state index contributed by atoms with van der Waals surface area (Å²) in [6.07, 6.45) is 1.63. The fraction of sp³-hybridized carbons (Fsp3) is 0.278. The summed E-state index contributed by atoms with van der Waals surface area (Å²) in [6.45, 7) is 2.49. The van der Waals surface area contributed by atoms with E-state index in [-0.39, 0.29) is 10.8 Å². The molecule has 3 rings (SSSR count). The molecule has 0 unspecified atom stereocenters. The van der Waals surface area contributed by atoms with Gasteiger partial charge in [0.2, 0.25) is 5.91 Å². The molecule has 0 aromatic heterocycles. The topological polar surface area (TPSA) is 75.3 Å². The summed E-state index contributed by atoms with van der Waals surface area (Å²) < 4.78 is 27.3. The van der Waals surface area contributed by atoms with Gasteiger partial charge in [-0.2, -0.15) is 0 Å². The van der Waals surface area contributed by atoms with E-state index in [1.54, 1.807) is 12.1 Å². The van der Waals surface area contributed by atoms with Gasteiger partial charge in [0.1, 0.15) is 0 Å². The van der Waals surface area contributed by atoms with Gasteiger partial charge in [-0.15, -0.1) is 0 Å². The molecule has 5 nitrogen and oxygen atoms in total. The quantitative estimate of drug-likeness (QED) is 0.809. The Hall–Kier alpha value is -2.05. The number of sulfonamides is 1. The van der Waals surface area contributed by atoms with Gasteiger partial charge in [0.15, 0.2) is 0 Å². The molecule has 2 N–H and O–H groups in total. The molecule has 0 bridgehead atoms. The van der Waals surface area contributed by atoms with E-state index in [1.807, 2.05) is 19.1 Å². The second-order valence-corrected chi connectivity index (χ2v) is 8.20. The molecule has 0 heterocycles. The van der Waals surface area contributed by atoms with Crippen molar-refractivity contribution in [1.29, 1.82) is 0 Å². The molecule has 1 fully saturated rings. The Labute approximate surface area is 152 Å². The van der Waals surface area contributed by atoms with E-state index in [0.29, 0.717) is 17.3 Å². The molecule has 0 radical (unpaired) electrons. The summed E-state index contributed by atoms with van der Waals surface area (Å²) in [5.41, 5.74) is 0.905. The molecule has 1 saturated carbocycles. The van der Waals surface area contributed by atoms with Crippen LogP contribution in [0.2, 0.25) is 5.02 Å². The molecule has 0 saturated heterocycles. The zero-order valence-corrected chi connectivity index (χ0v) is 15.3. The summed E-state index contributed by atoms with van der Waals surface area (Å²) in [5.74, 6) is 0.0319. The zero-order valence-electron chi connectivity index (χ0n) is 13.8. The number of carbonyl (C=O) groups excluding carboxylic acids is 1. The maximum atomic E-state index is 12.4. The van der Waals surface area contributed by atoms with E-state index in [0.717, 1.165) is 18.4 Å². The van der Waals surface area contributed by atoms with Crippen LogP contribution in [-0.4, -0.2) is 20.9 Å². The first-order valence-electron chi connectivity index (χ1n) is 8.05. The highest BCUT2D eigenvalue weighted by atomic mass is 35.5. The van der Waals surface area contributed by atoms with Crippen molar-refractivity contribution in [3.05, 3.63) is 59.1 Å². The monoisotopic (exact) mass is 378 g/mol. The predicted octanol–water partition coefficient (Wildman–Crippen LogP) is 3.31. The Kier molecular flexibility index (Phi) is 4.75. The third-order valence-electron chi connectivity index (χ3n) is 4.34. The second kappa shape index (κ2) is 6.69. The Morgan fingerprint density at radius 1 is 1.08 bits per heavy atom. The van der Waals surface area contributed by atoms with E-state index >= 15 is 0 Å². The van der Waals surface area contributed by atoms with Crippen molar-refractivity contribution in [3.8, 4) is 0 Å². The van der Waals surface area contributed by atoms with E-state index in [1.165, 1.54) is 24.3 Å². The number of anilines is 1. The smallest absolute Gasteiger partial charge is 0.261 e. The van der Waals surface area contributed by atoms with Gasteiger partial charge in [0.25, 0.3) is 10.0 Å². The van der Waals surface area contributed by atoms with Crippen molar-refractivity contribution in [2.45, 2.75) is 30.1 Å². The number of rotatable bonds is 6. The molecule has 132 valence electrons. The van der Waals surface area contributed by atoms with E-state index < -0.39 is 15.4 Å². The van der Waals surface area contributed by atoms with E-state index in [9.17, 15) is 13.2 Å². The van der Waals surface area contributed by atoms with Gasteiger partial charge < -0.3 is 5.32 Å². The molecule has 1 aliphatic rings. The minimum atomic E-state index is -3.68. The molecule has 7 heteroatoms. The number of hydrogen-bond acceptors (Lipinski definition) is 3. The van der Waals surface area contributed by atoms with Crippen LogP contribution in [0, 0.1) is 0 Å². The largest absolute Gasteiger partial charge is 0.356 e. The van der Waals surface area contributed by atoms with Gasteiger partial charge in [0, 0.05) is 17.3 Å². The molecular formula is C18H19ClN2O3S. The maximum absolute atomic E-state index is 12.4. The normalized spacial score (nSPS) is 15.4. The zero-order chi connectivity index (χ0) is 18.1. The molecule has 2 aromatic rings. The molecule has 0 spiro atoms. The third-order valence-corrected chi connectivity index (χ3v) is 5.98. The summed E-state index contributed by atoms with van der Waals surface area (Å²) in [7, 11) is -3.68. The first-order chi connectivity index (χ1) is 11.9. The van der Waals surface area contributed by atoms with Gasteiger partial charge in [-0.1, -0.05) is 23.7 Å². The number of nitrogens with one attached hydrogen (secondary N) is 2. The lowest BCUT2D eigenvalue weighted by Crippen LogP contribution is -2.34. The van der Waals surface area contributed by atoms with Crippen LogP contribution in [0.15, 0.2) is 53.4 Å². The van der Waals surface area contributed by atoms with Crippen molar-refractivity contribution in [2.75, 3.05) is 11.3 Å². The van der Waals surface area contributed by atoms with Crippen LogP contribution < -0.4 is 10.0 Å². The third kappa shape index (κ3) is 3.65. The van der Waals surface area contributed by atoms with E-state index in [2.05, 4.69) is 10.0 Å². The highest BCUT2D eigenvalue weighted by molar-refractivity contribution is 7.92. The average Bonchev–Trinajstić information content (AvgIpc) is 3.38. The first-order valence-corrected chi connectivity index (χ1v) is 9.91. The molecule has 0 aliphatic heterocycles. The van der Waals surface area contributed by atoms with Crippen molar-refractivity contribution in [3.63, 3.8) is 0 Å². The minimum Gasteiger partial charge on any atom is -0.356 e. The molecule has 1 amide bonds. The van der Waals surface area contributed by atoms with Crippen LogP contribution in [0.25, 0.3) is 0 Å². The fourth-order valence-corrected chi connectivity index (χ4v) is 3.97. The minimum absolute atomic E-state index is 0.0319. The lowest BCUT2D eigenvalue weighted by atomic mass is 9.95. The van der Waals surface area contributed by atoms with Crippen molar-refractivity contribution in [1.82, 2.24) is 5.32 Å². The maximum Gasteiger partial charge on any atom is 0.261 e. The standard InChI is InChI=1S/C18H19ClN2O3S/c1-2-20-17(22)18(11-12-18)13-3-7-15(8-4-13)21-25(23,24)16-9-5-14(19)6-10-16/h3-10,21H,2,11-12H2,1H3,(H,20,22). The number of carbonyl (C=O) groups is 1. The van der Waals surface area contributed by atoms with Crippen molar-refractivity contribution >= 4 is 33.2 Å². The van der Waals surface area contributed by atoms with Crippen LogP contribution in [0.1, 0.15) is 25.3 Å². The summed E-state index contributed by atoms with van der Waals surface area (Å²) >= 11 is 5.79. The van der Waals surface area contributed by atoms with E-state index in [4.69, 9.17) is 11.6 Å². The number of likely N-dealkylation sites (N-methyl/N-ethyl adjacent to an activating group) is 1. The van der Waals surface area contributed by atoms with Crippen LogP contribution >= 0.6 is 11.6 Å². The summed E-state index contributed by atoms with van der Waals surface area (Å²) in [6, 6.07) is 12.9. The van der Waals surface area contributed by atoms with Gasteiger partial charge in [-0.05, 0) is 61.7 Å². The van der Waals surface area contributed by atoms with Crippen molar-refractivity contribution < 1.29 is 13.2 Å². The van der Waals surface area contributed by atoms with Crippen LogP contribution in [0.5, 0.6) is 0 Å². The first kappa shape index (κ1) is 17.8. The summed E-state index contributed by atoms with van der Waals surface area (Å²) in [4.78, 5) is 12.4. The molecule has 2 aromatic carbocycles. The molecule has 1 aliphatic carbocycles. The lowest BCUT2D eigenvalue weighted by Gasteiger charge is -2.16. The van der Waals surface area contributed by atoms with Crippen LogP contribution in [0.3, 0.4) is 0 Å². The SMILES string of the molecule is CCNC(=O)C1(c2ccc(NS(=O)(=O)c3ccc(Cl)cc3)cc2)CC1. The van der Waals surface area contributed by atoms with Gasteiger partial charge in [0.05, 0.1) is 10.3 Å². The number of amides is 1. The van der Waals surface area contributed by atoms with Crippen LogP contribution in [-0.2, 0) is 20.2 Å². The number of halogens is 1. The Morgan fingerprint density at radius 2 is 1.68 bits per heavy atom.